The lowest BCUT2D eigenvalue weighted by atomic mass is 10.1. The van der Waals surface area contributed by atoms with Crippen LogP contribution in [-0.2, 0) is 19.5 Å². The average molecular weight is 306 g/mol. The van der Waals surface area contributed by atoms with Crippen molar-refractivity contribution in [3.8, 4) is 0 Å². The van der Waals surface area contributed by atoms with Crippen molar-refractivity contribution < 1.29 is 0 Å². The smallest absolute Gasteiger partial charge is 0.113 e. The Morgan fingerprint density at radius 3 is 2.81 bits per heavy atom. The molecule has 2 aromatic rings. The van der Waals surface area contributed by atoms with Crippen LogP contribution in [0.15, 0.2) is 30.6 Å². The van der Waals surface area contributed by atoms with Crippen LogP contribution >= 0.6 is 11.6 Å². The molecule has 0 bridgehead atoms. The second-order valence-electron chi connectivity index (χ2n) is 5.32. The van der Waals surface area contributed by atoms with Crippen LogP contribution in [-0.4, -0.2) is 16.1 Å². The van der Waals surface area contributed by atoms with Crippen molar-refractivity contribution in [1.29, 1.82) is 0 Å². The molecule has 1 aromatic heterocycles. The van der Waals surface area contributed by atoms with Crippen LogP contribution in [0.5, 0.6) is 0 Å². The molecule has 4 heteroatoms. The Hall–Kier alpha value is -1.32. The minimum absolute atomic E-state index is 0.786. The Morgan fingerprint density at radius 1 is 1.24 bits per heavy atom. The third-order valence-corrected chi connectivity index (χ3v) is 3.84. The maximum absolute atomic E-state index is 6.42. The summed E-state index contributed by atoms with van der Waals surface area (Å²) in [4.78, 5) is 4.45. The number of rotatable bonds is 8. The molecule has 3 nitrogen and oxygen atoms in total. The maximum atomic E-state index is 6.42. The molecule has 0 saturated heterocycles. The molecule has 0 atom stereocenters. The van der Waals surface area contributed by atoms with Crippen molar-refractivity contribution in [3.05, 3.63) is 52.6 Å². The van der Waals surface area contributed by atoms with E-state index in [1.54, 1.807) is 0 Å². The molecule has 0 saturated carbocycles. The lowest BCUT2D eigenvalue weighted by molar-refractivity contribution is 0.646. The van der Waals surface area contributed by atoms with Crippen molar-refractivity contribution >= 4 is 11.6 Å². The molecular weight excluding hydrogens is 282 g/mol. The highest BCUT2D eigenvalue weighted by Crippen LogP contribution is 2.21. The molecular formula is C17H24ClN3. The molecule has 0 spiro atoms. The quantitative estimate of drug-likeness (QED) is 0.746. The Balaban J connectivity index is 2.05. The second kappa shape index (κ2) is 8.20. The minimum atomic E-state index is 0.786. The summed E-state index contributed by atoms with van der Waals surface area (Å²) in [7, 11) is 0. The van der Waals surface area contributed by atoms with Crippen molar-refractivity contribution in [3.63, 3.8) is 0 Å². The van der Waals surface area contributed by atoms with Crippen molar-refractivity contribution in [2.45, 2.75) is 46.2 Å². The van der Waals surface area contributed by atoms with E-state index in [2.05, 4.69) is 46.9 Å². The normalized spacial score (nSPS) is 11.0. The van der Waals surface area contributed by atoms with Crippen molar-refractivity contribution in [1.82, 2.24) is 14.9 Å². The molecule has 0 aliphatic heterocycles. The van der Waals surface area contributed by atoms with E-state index in [1.807, 2.05) is 12.4 Å². The monoisotopic (exact) mass is 305 g/mol. The van der Waals surface area contributed by atoms with Crippen LogP contribution in [0.2, 0.25) is 5.02 Å². The zero-order valence-electron chi connectivity index (χ0n) is 12.9. The van der Waals surface area contributed by atoms with Gasteiger partial charge in [0, 0.05) is 36.9 Å². The van der Waals surface area contributed by atoms with Crippen LogP contribution in [0.3, 0.4) is 0 Å². The average Bonchev–Trinajstić information content (AvgIpc) is 2.90. The zero-order valence-corrected chi connectivity index (χ0v) is 13.7. The van der Waals surface area contributed by atoms with Gasteiger partial charge in [-0.2, -0.15) is 0 Å². The molecule has 0 radical (unpaired) electrons. The van der Waals surface area contributed by atoms with Gasteiger partial charge in [-0.15, -0.1) is 0 Å². The largest absolute Gasteiger partial charge is 0.335 e. The Kier molecular flexibility index (Phi) is 6.27. The molecule has 0 fully saturated rings. The van der Waals surface area contributed by atoms with E-state index in [9.17, 15) is 0 Å². The van der Waals surface area contributed by atoms with Gasteiger partial charge in [-0.1, -0.05) is 37.6 Å². The minimum Gasteiger partial charge on any atom is -0.335 e. The lowest BCUT2D eigenvalue weighted by Gasteiger charge is -2.10. The van der Waals surface area contributed by atoms with E-state index in [0.29, 0.717) is 0 Å². The fourth-order valence-corrected chi connectivity index (χ4v) is 2.65. The summed E-state index contributed by atoms with van der Waals surface area (Å²) in [6.45, 7) is 7.26. The fraction of sp³-hybridized carbons (Fsp3) is 0.471. The molecule has 2 rings (SSSR count). The van der Waals surface area contributed by atoms with Crippen molar-refractivity contribution in [2.24, 2.45) is 0 Å². The third-order valence-electron chi connectivity index (χ3n) is 3.49. The molecule has 0 aliphatic rings. The third kappa shape index (κ3) is 4.58. The summed E-state index contributed by atoms with van der Waals surface area (Å²) in [5.41, 5.74) is 2.37. The molecule has 0 aliphatic carbocycles. The van der Waals surface area contributed by atoms with Gasteiger partial charge >= 0.3 is 0 Å². The number of benzene rings is 1. The number of halogens is 1. The van der Waals surface area contributed by atoms with Crippen LogP contribution < -0.4 is 5.32 Å². The Bertz CT molecular complexity index is 563. The van der Waals surface area contributed by atoms with Gasteiger partial charge in [0.1, 0.15) is 5.82 Å². The standard InChI is InChI=1S/C17H24ClN3/c1-3-7-19-13-14-5-6-15(16(18)11-14)12-17-20-8-10-21(17)9-4-2/h5-6,8,10-11,19H,3-4,7,9,12-13H2,1-2H3. The number of imidazole rings is 1. The summed E-state index contributed by atoms with van der Waals surface area (Å²) in [5, 5.41) is 4.22. The Labute approximate surface area is 132 Å². The molecule has 1 heterocycles. The maximum Gasteiger partial charge on any atom is 0.113 e. The number of aromatic nitrogens is 2. The summed E-state index contributed by atoms with van der Waals surface area (Å²) in [6.07, 6.45) is 6.94. The van der Waals surface area contributed by atoms with Gasteiger partial charge in [-0.05, 0) is 36.6 Å². The lowest BCUT2D eigenvalue weighted by Crippen LogP contribution is -2.13. The highest BCUT2D eigenvalue weighted by Gasteiger charge is 2.07. The number of hydrogen-bond donors (Lipinski definition) is 1. The summed E-state index contributed by atoms with van der Waals surface area (Å²) in [5.74, 6) is 1.08. The highest BCUT2D eigenvalue weighted by molar-refractivity contribution is 6.31. The van der Waals surface area contributed by atoms with Crippen LogP contribution in [0.25, 0.3) is 0 Å². The van der Waals surface area contributed by atoms with Crippen molar-refractivity contribution in [2.75, 3.05) is 6.54 Å². The zero-order chi connectivity index (χ0) is 15.1. The van der Waals surface area contributed by atoms with E-state index in [4.69, 9.17) is 11.6 Å². The van der Waals surface area contributed by atoms with Crippen LogP contribution in [0.4, 0.5) is 0 Å². The highest BCUT2D eigenvalue weighted by atomic mass is 35.5. The van der Waals surface area contributed by atoms with E-state index in [0.717, 1.165) is 55.3 Å². The van der Waals surface area contributed by atoms with E-state index < -0.39 is 0 Å². The van der Waals surface area contributed by atoms with Gasteiger partial charge in [0.25, 0.3) is 0 Å². The predicted molar refractivity (Wildman–Crippen MR) is 88.8 cm³/mol. The van der Waals surface area contributed by atoms with Gasteiger partial charge < -0.3 is 9.88 Å². The van der Waals surface area contributed by atoms with Gasteiger partial charge in [0.05, 0.1) is 0 Å². The molecule has 0 amide bonds. The SMILES string of the molecule is CCCNCc1ccc(Cc2nccn2CCC)c(Cl)c1. The number of aryl methyl sites for hydroxylation is 1. The first-order valence-electron chi connectivity index (χ1n) is 7.72. The molecule has 114 valence electrons. The predicted octanol–water partition coefficient (Wildman–Crippen LogP) is 4.04. The fourth-order valence-electron chi connectivity index (χ4n) is 2.38. The number of hydrogen-bond acceptors (Lipinski definition) is 2. The van der Waals surface area contributed by atoms with Gasteiger partial charge in [0.15, 0.2) is 0 Å². The second-order valence-corrected chi connectivity index (χ2v) is 5.72. The summed E-state index contributed by atoms with van der Waals surface area (Å²) in [6, 6.07) is 6.33. The van der Waals surface area contributed by atoms with Gasteiger partial charge in [0.2, 0.25) is 0 Å². The van der Waals surface area contributed by atoms with E-state index in [-0.39, 0.29) is 0 Å². The van der Waals surface area contributed by atoms with Crippen LogP contribution in [0, 0.1) is 0 Å². The van der Waals surface area contributed by atoms with Crippen LogP contribution in [0.1, 0.15) is 43.6 Å². The Morgan fingerprint density at radius 2 is 2.10 bits per heavy atom. The molecule has 0 unspecified atom stereocenters. The first-order chi connectivity index (χ1) is 10.2. The molecule has 21 heavy (non-hydrogen) atoms. The van der Waals surface area contributed by atoms with E-state index in [1.165, 1.54) is 5.56 Å². The number of nitrogens with zero attached hydrogens (tertiary/aromatic N) is 2. The summed E-state index contributed by atoms with van der Waals surface area (Å²) < 4.78 is 2.20. The first-order valence-corrected chi connectivity index (χ1v) is 8.10. The summed E-state index contributed by atoms with van der Waals surface area (Å²) >= 11 is 6.42. The van der Waals surface area contributed by atoms with Gasteiger partial charge in [-0.3, -0.25) is 0 Å². The van der Waals surface area contributed by atoms with Gasteiger partial charge in [-0.25, -0.2) is 4.98 Å². The molecule has 1 N–H and O–H groups in total. The molecule has 1 aromatic carbocycles. The number of nitrogens with one attached hydrogen (secondary N) is 1. The van der Waals surface area contributed by atoms with E-state index >= 15 is 0 Å². The first kappa shape index (κ1) is 16.1. The topological polar surface area (TPSA) is 29.9 Å².